The molecule has 10 rings (SSSR count). The number of aromatic nitrogens is 1. The van der Waals surface area contributed by atoms with Crippen molar-refractivity contribution in [3.05, 3.63) is 212 Å². The summed E-state index contributed by atoms with van der Waals surface area (Å²) in [5, 5.41) is 4.98. The third-order valence-electron chi connectivity index (χ3n) is 10.6. The zero-order chi connectivity index (χ0) is 35.1. The molecule has 10 aromatic rings. The molecule has 1 nitrogen and oxygen atoms in total. The Morgan fingerprint density at radius 1 is 0.245 bits per heavy atom. The highest BCUT2D eigenvalue weighted by molar-refractivity contribution is 6.12. The van der Waals surface area contributed by atoms with Crippen LogP contribution in [-0.2, 0) is 0 Å². The molecule has 53 heavy (non-hydrogen) atoms. The van der Waals surface area contributed by atoms with Crippen LogP contribution in [0.25, 0.3) is 93.9 Å². The lowest BCUT2D eigenvalue weighted by Crippen LogP contribution is -1.94. The molecule has 0 saturated heterocycles. The van der Waals surface area contributed by atoms with E-state index in [1.807, 2.05) is 0 Å². The van der Waals surface area contributed by atoms with Crippen molar-refractivity contribution in [1.82, 2.24) is 4.57 Å². The van der Waals surface area contributed by atoms with Gasteiger partial charge in [0.2, 0.25) is 0 Å². The Hall–Kier alpha value is -6.96. The van der Waals surface area contributed by atoms with E-state index < -0.39 is 0 Å². The molecule has 0 amide bonds. The molecule has 0 aliphatic rings. The van der Waals surface area contributed by atoms with Gasteiger partial charge in [-0.3, -0.25) is 0 Å². The Labute approximate surface area is 309 Å². The molecule has 248 valence electrons. The van der Waals surface area contributed by atoms with Gasteiger partial charge in [0.1, 0.15) is 0 Å². The predicted molar refractivity (Wildman–Crippen MR) is 225 cm³/mol. The number of hydrogen-bond donors (Lipinski definition) is 0. The van der Waals surface area contributed by atoms with Crippen LogP contribution < -0.4 is 0 Å². The van der Waals surface area contributed by atoms with Crippen molar-refractivity contribution in [3.8, 4) is 61.3 Å². The summed E-state index contributed by atoms with van der Waals surface area (Å²) in [6.45, 7) is 0. The normalized spacial score (nSPS) is 11.4. The molecule has 0 aliphatic heterocycles. The third kappa shape index (κ3) is 5.51. The van der Waals surface area contributed by atoms with E-state index in [0.717, 1.165) is 5.69 Å². The summed E-state index contributed by atoms with van der Waals surface area (Å²) < 4.78 is 2.43. The summed E-state index contributed by atoms with van der Waals surface area (Å²) in [6.07, 6.45) is 0. The minimum absolute atomic E-state index is 1.14. The maximum atomic E-state index is 2.43. The average molecular weight is 674 g/mol. The van der Waals surface area contributed by atoms with Crippen molar-refractivity contribution < 1.29 is 0 Å². The zero-order valence-corrected chi connectivity index (χ0v) is 29.2. The van der Waals surface area contributed by atoms with Gasteiger partial charge >= 0.3 is 0 Å². The lowest BCUT2D eigenvalue weighted by Gasteiger charge is -2.12. The van der Waals surface area contributed by atoms with Crippen molar-refractivity contribution in [2.75, 3.05) is 0 Å². The molecule has 1 heteroatoms. The first-order chi connectivity index (χ1) is 26.3. The van der Waals surface area contributed by atoms with E-state index >= 15 is 0 Å². The molecule has 0 spiro atoms. The van der Waals surface area contributed by atoms with Gasteiger partial charge in [0.15, 0.2) is 0 Å². The van der Waals surface area contributed by atoms with Crippen LogP contribution in [0.5, 0.6) is 0 Å². The summed E-state index contributed by atoms with van der Waals surface area (Å²) in [5.74, 6) is 0. The van der Waals surface area contributed by atoms with E-state index in [-0.39, 0.29) is 0 Å². The Morgan fingerprint density at radius 2 is 0.660 bits per heavy atom. The monoisotopic (exact) mass is 673 g/mol. The second-order valence-corrected chi connectivity index (χ2v) is 13.7. The van der Waals surface area contributed by atoms with Crippen molar-refractivity contribution in [2.24, 2.45) is 0 Å². The molecule has 0 saturated carbocycles. The van der Waals surface area contributed by atoms with Crippen LogP contribution in [0.4, 0.5) is 0 Å². The van der Waals surface area contributed by atoms with E-state index in [1.54, 1.807) is 0 Å². The maximum Gasteiger partial charge on any atom is 0.0541 e. The number of nitrogens with zero attached hydrogens (tertiary/aromatic N) is 1. The molecule has 0 bridgehead atoms. The largest absolute Gasteiger partial charge is 0.309 e. The number of hydrogen-bond acceptors (Lipinski definition) is 0. The molecular formula is C52H35N. The summed E-state index contributed by atoms with van der Waals surface area (Å²) in [7, 11) is 0. The van der Waals surface area contributed by atoms with Gasteiger partial charge in [0, 0.05) is 16.5 Å². The zero-order valence-electron chi connectivity index (χ0n) is 29.2. The quantitative estimate of drug-likeness (QED) is 0.166. The summed E-state index contributed by atoms with van der Waals surface area (Å²) in [4.78, 5) is 0. The molecule has 1 aromatic heterocycles. The van der Waals surface area contributed by atoms with E-state index in [2.05, 4.69) is 217 Å². The van der Waals surface area contributed by atoms with Crippen LogP contribution in [0.2, 0.25) is 0 Å². The fraction of sp³-hybridized carbons (Fsp3) is 0. The second kappa shape index (κ2) is 13.0. The van der Waals surface area contributed by atoms with Gasteiger partial charge in [0.25, 0.3) is 0 Å². The Kier molecular flexibility index (Phi) is 7.55. The van der Waals surface area contributed by atoms with Crippen molar-refractivity contribution in [1.29, 1.82) is 0 Å². The van der Waals surface area contributed by atoms with E-state index in [1.165, 1.54) is 88.2 Å². The Morgan fingerprint density at radius 3 is 1.19 bits per heavy atom. The summed E-state index contributed by atoms with van der Waals surface area (Å²) in [5.41, 5.74) is 15.7. The lowest BCUT2D eigenvalue weighted by molar-refractivity contribution is 1.18. The van der Waals surface area contributed by atoms with Gasteiger partial charge in [-0.15, -0.1) is 0 Å². The van der Waals surface area contributed by atoms with Crippen LogP contribution in [-0.4, -0.2) is 4.57 Å². The molecule has 0 fully saturated rings. The minimum atomic E-state index is 1.14. The van der Waals surface area contributed by atoms with Crippen LogP contribution >= 0.6 is 0 Å². The number of rotatable bonds is 6. The van der Waals surface area contributed by atoms with Crippen LogP contribution in [0.3, 0.4) is 0 Å². The van der Waals surface area contributed by atoms with Gasteiger partial charge in [-0.25, -0.2) is 0 Å². The smallest absolute Gasteiger partial charge is 0.0541 e. The SMILES string of the molecule is c1ccc(-c2ccccc2-c2ccc3c(c2)c2cc(-c4ccccc4-c4ccccc4)ccc2n3-c2ccc(-c3ccc4ccccc4c3)cc2)cc1. The molecule has 0 aliphatic carbocycles. The number of fused-ring (bicyclic) bond motifs is 4. The molecule has 0 unspecified atom stereocenters. The van der Waals surface area contributed by atoms with E-state index in [9.17, 15) is 0 Å². The second-order valence-electron chi connectivity index (χ2n) is 13.7. The van der Waals surface area contributed by atoms with Crippen molar-refractivity contribution >= 4 is 32.6 Å². The Balaban J connectivity index is 1.16. The first-order valence-electron chi connectivity index (χ1n) is 18.3. The highest BCUT2D eigenvalue weighted by Crippen LogP contribution is 2.41. The first kappa shape index (κ1) is 30.8. The van der Waals surface area contributed by atoms with Crippen LogP contribution in [0.1, 0.15) is 0 Å². The molecule has 0 N–H and O–H groups in total. The highest BCUT2D eigenvalue weighted by Gasteiger charge is 2.17. The first-order valence-corrected chi connectivity index (χ1v) is 18.3. The fourth-order valence-electron chi connectivity index (χ4n) is 8.02. The van der Waals surface area contributed by atoms with Crippen LogP contribution in [0, 0.1) is 0 Å². The van der Waals surface area contributed by atoms with Gasteiger partial charge in [-0.2, -0.15) is 0 Å². The minimum Gasteiger partial charge on any atom is -0.309 e. The van der Waals surface area contributed by atoms with Gasteiger partial charge in [0.05, 0.1) is 11.0 Å². The van der Waals surface area contributed by atoms with E-state index in [4.69, 9.17) is 0 Å². The molecule has 1 heterocycles. The van der Waals surface area contributed by atoms with Crippen molar-refractivity contribution in [3.63, 3.8) is 0 Å². The molecular weight excluding hydrogens is 639 g/mol. The van der Waals surface area contributed by atoms with Gasteiger partial charge in [-0.1, -0.05) is 170 Å². The average Bonchev–Trinajstić information content (AvgIpc) is 3.57. The van der Waals surface area contributed by atoms with Crippen LogP contribution in [0.15, 0.2) is 212 Å². The van der Waals surface area contributed by atoms with Crippen molar-refractivity contribution in [2.45, 2.75) is 0 Å². The molecule has 9 aromatic carbocycles. The predicted octanol–water partition coefficient (Wildman–Crippen LogP) is 14.3. The lowest BCUT2D eigenvalue weighted by atomic mass is 9.92. The maximum absolute atomic E-state index is 2.43. The van der Waals surface area contributed by atoms with Gasteiger partial charge in [-0.05, 0) is 109 Å². The topological polar surface area (TPSA) is 4.93 Å². The standard InChI is InChI=1S/C52H35N/c1-3-14-38(15-4-1)45-19-9-11-21-47(45)42-27-31-51-49(34-42)50-35-43(48-22-12-10-20-46(48)39-16-5-2-6-17-39)28-32-52(50)53(51)44-29-25-37(26-30-44)41-24-23-36-13-7-8-18-40(36)33-41/h1-35H. The third-order valence-corrected chi connectivity index (χ3v) is 10.6. The summed E-state index contributed by atoms with van der Waals surface area (Å²) in [6, 6.07) is 77.2. The van der Waals surface area contributed by atoms with Gasteiger partial charge < -0.3 is 4.57 Å². The molecule has 0 radical (unpaired) electrons. The molecule has 0 atom stereocenters. The highest BCUT2D eigenvalue weighted by atomic mass is 15.0. The fourth-order valence-corrected chi connectivity index (χ4v) is 8.02. The Bertz CT molecular complexity index is 2780. The summed E-state index contributed by atoms with van der Waals surface area (Å²) >= 11 is 0. The number of benzene rings is 9. The van der Waals surface area contributed by atoms with E-state index in [0.29, 0.717) is 0 Å².